The number of carbonyl (C=O) groups excluding carboxylic acids is 1. The van der Waals surface area contributed by atoms with Crippen molar-refractivity contribution in [3.8, 4) is 0 Å². The van der Waals surface area contributed by atoms with E-state index in [-0.39, 0.29) is 5.91 Å². The number of carbonyl (C=O) groups is 1. The minimum Gasteiger partial charge on any atom is -0.353 e. The lowest BCUT2D eigenvalue weighted by atomic mass is 10.0. The molecule has 2 nitrogen and oxygen atoms in total. The highest BCUT2D eigenvalue weighted by atomic mass is 16.1. The fourth-order valence-corrected chi connectivity index (χ4v) is 1.56. The van der Waals surface area contributed by atoms with Gasteiger partial charge in [0, 0.05) is 13.0 Å². The highest BCUT2D eigenvalue weighted by molar-refractivity contribution is 5.73. The molecule has 11 heavy (non-hydrogen) atoms. The first-order chi connectivity index (χ1) is 5.11. The lowest BCUT2D eigenvalue weighted by Gasteiger charge is -2.15. The van der Waals surface area contributed by atoms with Gasteiger partial charge in [-0.05, 0) is 18.8 Å². The van der Waals surface area contributed by atoms with Crippen molar-refractivity contribution in [1.29, 1.82) is 0 Å². The first kappa shape index (κ1) is 8.31. The van der Waals surface area contributed by atoms with Crippen LogP contribution in [-0.2, 0) is 4.79 Å². The number of hydrogen-bond acceptors (Lipinski definition) is 1. The molecule has 0 bridgehead atoms. The molecule has 62 valence electrons. The van der Waals surface area contributed by atoms with E-state index in [0.717, 1.165) is 12.8 Å². The van der Waals surface area contributed by atoms with Gasteiger partial charge in [-0.1, -0.05) is 19.1 Å². The van der Waals surface area contributed by atoms with Crippen LogP contribution in [0, 0.1) is 5.92 Å². The Labute approximate surface area is 67.7 Å². The Bertz CT molecular complexity index is 186. The van der Waals surface area contributed by atoms with Gasteiger partial charge in [-0.15, -0.1) is 0 Å². The quantitative estimate of drug-likeness (QED) is 0.568. The largest absolute Gasteiger partial charge is 0.353 e. The Hall–Kier alpha value is -0.790. The average molecular weight is 153 g/mol. The molecule has 1 aliphatic carbocycles. The van der Waals surface area contributed by atoms with Gasteiger partial charge in [0.05, 0.1) is 0 Å². The molecule has 0 spiro atoms. The molecule has 0 aromatic heterocycles. The maximum Gasteiger partial charge on any atom is 0.217 e. The Morgan fingerprint density at radius 3 is 2.73 bits per heavy atom. The van der Waals surface area contributed by atoms with Crippen LogP contribution < -0.4 is 5.32 Å². The zero-order valence-corrected chi connectivity index (χ0v) is 7.18. The van der Waals surface area contributed by atoms with Crippen LogP contribution in [0.2, 0.25) is 0 Å². The van der Waals surface area contributed by atoms with Crippen molar-refractivity contribution in [3.05, 3.63) is 12.2 Å². The summed E-state index contributed by atoms with van der Waals surface area (Å²) in [6, 6.07) is 0.333. The van der Waals surface area contributed by atoms with Gasteiger partial charge in [0.25, 0.3) is 0 Å². The topological polar surface area (TPSA) is 29.1 Å². The van der Waals surface area contributed by atoms with Crippen molar-refractivity contribution in [3.63, 3.8) is 0 Å². The minimum absolute atomic E-state index is 0.0662. The monoisotopic (exact) mass is 153 g/mol. The third-order valence-electron chi connectivity index (χ3n) is 2.41. The Morgan fingerprint density at radius 2 is 2.36 bits per heavy atom. The van der Waals surface area contributed by atoms with E-state index in [1.807, 2.05) is 0 Å². The molecule has 0 aromatic carbocycles. The van der Waals surface area contributed by atoms with E-state index >= 15 is 0 Å². The molecule has 0 saturated heterocycles. The molecular weight excluding hydrogens is 138 g/mol. The molecule has 2 unspecified atom stereocenters. The van der Waals surface area contributed by atoms with E-state index in [0.29, 0.717) is 12.0 Å². The van der Waals surface area contributed by atoms with Crippen LogP contribution >= 0.6 is 0 Å². The van der Waals surface area contributed by atoms with Crippen molar-refractivity contribution >= 4 is 5.91 Å². The second-order valence-electron chi connectivity index (χ2n) is 3.29. The lowest BCUT2D eigenvalue weighted by molar-refractivity contribution is -0.119. The molecule has 1 amide bonds. The fraction of sp³-hybridized carbons (Fsp3) is 0.667. The highest BCUT2D eigenvalue weighted by Gasteiger charge is 2.26. The normalized spacial score (nSPS) is 30.5. The van der Waals surface area contributed by atoms with Gasteiger partial charge in [0.2, 0.25) is 5.91 Å². The number of nitrogens with one attached hydrogen (secondary N) is 1. The Morgan fingerprint density at radius 1 is 1.73 bits per heavy atom. The zero-order chi connectivity index (χ0) is 8.43. The summed E-state index contributed by atoms with van der Waals surface area (Å²) in [7, 11) is 0. The molecular formula is C9H15NO. The number of rotatable bonds is 1. The van der Waals surface area contributed by atoms with Gasteiger partial charge in [-0.2, -0.15) is 0 Å². The molecule has 1 fully saturated rings. The van der Waals surface area contributed by atoms with Gasteiger partial charge in [-0.25, -0.2) is 0 Å². The van der Waals surface area contributed by atoms with Gasteiger partial charge >= 0.3 is 0 Å². The highest BCUT2D eigenvalue weighted by Crippen LogP contribution is 2.29. The first-order valence-electron chi connectivity index (χ1n) is 4.06. The smallest absolute Gasteiger partial charge is 0.217 e. The molecule has 2 heteroatoms. The Balaban J connectivity index is 2.48. The van der Waals surface area contributed by atoms with Crippen molar-refractivity contribution in [2.45, 2.75) is 32.7 Å². The summed E-state index contributed by atoms with van der Waals surface area (Å²) in [5.41, 5.74) is 1.27. The van der Waals surface area contributed by atoms with Crippen LogP contribution in [0.3, 0.4) is 0 Å². The number of hydrogen-bond donors (Lipinski definition) is 1. The van der Waals surface area contributed by atoms with Crippen LogP contribution in [0.25, 0.3) is 0 Å². The summed E-state index contributed by atoms with van der Waals surface area (Å²) in [5, 5.41) is 2.92. The lowest BCUT2D eigenvalue weighted by Crippen LogP contribution is -2.34. The van der Waals surface area contributed by atoms with Crippen molar-refractivity contribution in [1.82, 2.24) is 5.32 Å². The van der Waals surface area contributed by atoms with Crippen LogP contribution in [-0.4, -0.2) is 11.9 Å². The zero-order valence-electron chi connectivity index (χ0n) is 7.18. The van der Waals surface area contributed by atoms with Crippen molar-refractivity contribution in [2.75, 3.05) is 0 Å². The van der Waals surface area contributed by atoms with Gasteiger partial charge in [0.1, 0.15) is 0 Å². The molecule has 1 saturated carbocycles. The predicted molar refractivity (Wildman–Crippen MR) is 45.1 cm³/mol. The molecule has 1 N–H and O–H groups in total. The first-order valence-corrected chi connectivity index (χ1v) is 4.06. The SMILES string of the molecule is C=C1CCC(NC(C)=O)C1C. The Kier molecular flexibility index (Phi) is 2.32. The summed E-state index contributed by atoms with van der Waals surface area (Å²) < 4.78 is 0. The summed E-state index contributed by atoms with van der Waals surface area (Å²) in [5.74, 6) is 0.524. The second-order valence-corrected chi connectivity index (χ2v) is 3.29. The average Bonchev–Trinajstić information content (AvgIpc) is 2.18. The third-order valence-corrected chi connectivity index (χ3v) is 2.41. The molecule has 0 aliphatic heterocycles. The van der Waals surface area contributed by atoms with E-state index in [2.05, 4.69) is 18.8 Å². The fourth-order valence-electron chi connectivity index (χ4n) is 1.56. The number of amides is 1. The summed E-state index contributed by atoms with van der Waals surface area (Å²) in [6.07, 6.45) is 2.12. The molecule has 1 rings (SSSR count). The predicted octanol–water partition coefficient (Wildman–Crippen LogP) is 1.48. The van der Waals surface area contributed by atoms with Crippen LogP contribution in [0.4, 0.5) is 0 Å². The van der Waals surface area contributed by atoms with Gasteiger partial charge < -0.3 is 5.32 Å². The van der Waals surface area contributed by atoms with Gasteiger partial charge in [0.15, 0.2) is 0 Å². The molecule has 0 heterocycles. The molecule has 0 radical (unpaired) electrons. The van der Waals surface area contributed by atoms with Crippen molar-refractivity contribution < 1.29 is 4.79 Å². The maximum absolute atomic E-state index is 10.7. The van der Waals surface area contributed by atoms with E-state index in [1.54, 1.807) is 6.92 Å². The van der Waals surface area contributed by atoms with E-state index in [9.17, 15) is 4.79 Å². The van der Waals surface area contributed by atoms with E-state index in [1.165, 1.54) is 5.57 Å². The van der Waals surface area contributed by atoms with Crippen LogP contribution in [0.5, 0.6) is 0 Å². The van der Waals surface area contributed by atoms with Crippen LogP contribution in [0.1, 0.15) is 26.7 Å². The maximum atomic E-state index is 10.7. The second kappa shape index (κ2) is 3.07. The summed E-state index contributed by atoms with van der Waals surface area (Å²) >= 11 is 0. The summed E-state index contributed by atoms with van der Waals surface area (Å²) in [4.78, 5) is 10.7. The van der Waals surface area contributed by atoms with Crippen LogP contribution in [0.15, 0.2) is 12.2 Å². The third kappa shape index (κ3) is 1.82. The molecule has 1 aliphatic rings. The minimum atomic E-state index is 0.0662. The van der Waals surface area contributed by atoms with E-state index in [4.69, 9.17) is 0 Å². The van der Waals surface area contributed by atoms with Gasteiger partial charge in [-0.3, -0.25) is 4.79 Å². The molecule has 0 aromatic rings. The van der Waals surface area contributed by atoms with E-state index < -0.39 is 0 Å². The summed E-state index contributed by atoms with van der Waals surface area (Å²) in [6.45, 7) is 7.63. The standard InChI is InChI=1S/C9H15NO/c1-6-4-5-9(7(6)2)10-8(3)11/h7,9H,1,4-5H2,2-3H3,(H,10,11). The molecule has 2 atom stereocenters. The van der Waals surface area contributed by atoms with Crippen molar-refractivity contribution in [2.24, 2.45) is 5.92 Å².